The third-order valence-corrected chi connectivity index (χ3v) is 4.61. The topological polar surface area (TPSA) is 76.9 Å². The monoisotopic (exact) mass is 358 g/mol. The van der Waals surface area contributed by atoms with E-state index in [9.17, 15) is 14.0 Å². The molecule has 3 aromatic rings. The molecule has 2 heterocycles. The average Bonchev–Trinajstić information content (AvgIpc) is 3.09. The Bertz CT molecular complexity index is 967. The third kappa shape index (κ3) is 3.80. The number of amides is 1. The zero-order chi connectivity index (χ0) is 17.8. The fraction of sp³-hybridized carbons (Fsp3) is 0.176. The first-order chi connectivity index (χ1) is 12.1. The molecule has 0 saturated carbocycles. The molecule has 0 aliphatic carbocycles. The highest BCUT2D eigenvalue weighted by atomic mass is 32.1. The highest BCUT2D eigenvalue weighted by molar-refractivity contribution is 7.11. The largest absolute Gasteiger partial charge is 0.344 e. The predicted molar refractivity (Wildman–Crippen MR) is 92.5 cm³/mol. The molecule has 8 heteroatoms. The number of benzene rings is 1. The minimum atomic E-state index is -0.593. The van der Waals surface area contributed by atoms with Crippen molar-refractivity contribution in [1.29, 1.82) is 0 Å². The molecule has 2 aromatic heterocycles. The summed E-state index contributed by atoms with van der Waals surface area (Å²) in [4.78, 5) is 29.6. The van der Waals surface area contributed by atoms with Gasteiger partial charge in [0.25, 0.3) is 11.5 Å². The summed E-state index contributed by atoms with van der Waals surface area (Å²) in [7, 11) is 0. The van der Waals surface area contributed by atoms with Gasteiger partial charge in [0.2, 0.25) is 0 Å². The van der Waals surface area contributed by atoms with Crippen molar-refractivity contribution >= 4 is 17.2 Å². The van der Waals surface area contributed by atoms with Crippen LogP contribution in [0.3, 0.4) is 0 Å². The van der Waals surface area contributed by atoms with Gasteiger partial charge in [-0.1, -0.05) is 19.1 Å². The summed E-state index contributed by atoms with van der Waals surface area (Å²) in [6.07, 6.45) is 2.67. The molecule has 0 atom stereocenters. The summed E-state index contributed by atoms with van der Waals surface area (Å²) in [6.45, 7) is 2.30. The van der Waals surface area contributed by atoms with Crippen LogP contribution in [-0.2, 0) is 13.0 Å². The highest BCUT2D eigenvalue weighted by Crippen LogP contribution is 2.13. The fourth-order valence-corrected chi connectivity index (χ4v) is 2.97. The number of nitrogens with one attached hydrogen (secondary N) is 1. The molecule has 0 saturated heterocycles. The standard InChI is InChI=1S/C17H15FN4O2S/c1-2-11-9-19-15(25-11)10-20-17(24)13-7-8-16(23)22(21-13)14-6-4-3-5-12(14)18/h3-9H,2,10H2,1H3,(H,20,24). The maximum Gasteiger partial charge on any atom is 0.272 e. The average molecular weight is 358 g/mol. The van der Waals surface area contributed by atoms with E-state index in [1.54, 1.807) is 12.3 Å². The van der Waals surface area contributed by atoms with Crippen LogP contribution in [0.4, 0.5) is 4.39 Å². The second-order valence-electron chi connectivity index (χ2n) is 5.18. The Morgan fingerprint density at radius 3 is 2.80 bits per heavy atom. The number of aromatic nitrogens is 3. The molecule has 128 valence electrons. The van der Waals surface area contributed by atoms with Crippen molar-refractivity contribution in [3.8, 4) is 5.69 Å². The van der Waals surface area contributed by atoms with Crippen LogP contribution in [0.5, 0.6) is 0 Å². The van der Waals surface area contributed by atoms with E-state index in [0.29, 0.717) is 0 Å². The zero-order valence-corrected chi connectivity index (χ0v) is 14.2. The Labute approximate surface area is 147 Å². The number of para-hydroxylation sites is 1. The fourth-order valence-electron chi connectivity index (χ4n) is 2.17. The lowest BCUT2D eigenvalue weighted by molar-refractivity contribution is 0.0944. The normalized spacial score (nSPS) is 10.6. The third-order valence-electron chi connectivity index (χ3n) is 3.46. The maximum atomic E-state index is 13.9. The van der Waals surface area contributed by atoms with Gasteiger partial charge in [-0.25, -0.2) is 9.37 Å². The van der Waals surface area contributed by atoms with E-state index >= 15 is 0 Å². The number of carbonyl (C=O) groups is 1. The van der Waals surface area contributed by atoms with Crippen LogP contribution in [0.1, 0.15) is 27.3 Å². The lowest BCUT2D eigenvalue weighted by Gasteiger charge is -2.08. The zero-order valence-electron chi connectivity index (χ0n) is 13.4. The van der Waals surface area contributed by atoms with E-state index in [-0.39, 0.29) is 17.9 Å². The Hall–Kier alpha value is -2.87. The van der Waals surface area contributed by atoms with E-state index in [1.165, 1.54) is 41.7 Å². The van der Waals surface area contributed by atoms with Crippen molar-refractivity contribution in [3.63, 3.8) is 0 Å². The molecule has 1 amide bonds. The minimum Gasteiger partial charge on any atom is -0.344 e. The maximum absolute atomic E-state index is 13.9. The molecule has 1 N–H and O–H groups in total. The Morgan fingerprint density at radius 1 is 1.28 bits per heavy atom. The van der Waals surface area contributed by atoms with Crippen LogP contribution in [-0.4, -0.2) is 20.7 Å². The molecular weight excluding hydrogens is 343 g/mol. The first-order valence-electron chi connectivity index (χ1n) is 7.65. The van der Waals surface area contributed by atoms with Crippen molar-refractivity contribution in [2.45, 2.75) is 19.9 Å². The van der Waals surface area contributed by atoms with E-state index in [4.69, 9.17) is 0 Å². The molecule has 0 bridgehead atoms. The molecule has 0 aliphatic rings. The number of carbonyl (C=O) groups excluding carboxylic acids is 1. The Balaban J connectivity index is 1.80. The van der Waals surface area contributed by atoms with Gasteiger partial charge in [0.05, 0.1) is 6.54 Å². The summed E-state index contributed by atoms with van der Waals surface area (Å²) in [6, 6.07) is 8.25. The highest BCUT2D eigenvalue weighted by Gasteiger charge is 2.13. The van der Waals surface area contributed by atoms with E-state index in [1.807, 2.05) is 6.92 Å². The number of nitrogens with zero attached hydrogens (tertiary/aromatic N) is 3. The van der Waals surface area contributed by atoms with Crippen LogP contribution < -0.4 is 10.9 Å². The van der Waals surface area contributed by atoms with Gasteiger partial charge >= 0.3 is 0 Å². The summed E-state index contributed by atoms with van der Waals surface area (Å²) in [5, 5.41) is 7.46. The predicted octanol–water partition coefficient (Wildman–Crippen LogP) is 2.32. The second-order valence-corrected chi connectivity index (χ2v) is 6.38. The lowest BCUT2D eigenvalue weighted by atomic mass is 10.3. The molecule has 25 heavy (non-hydrogen) atoms. The number of halogens is 1. The van der Waals surface area contributed by atoms with Gasteiger partial charge in [0.15, 0.2) is 0 Å². The van der Waals surface area contributed by atoms with E-state index in [2.05, 4.69) is 15.4 Å². The summed E-state index contributed by atoms with van der Waals surface area (Å²) < 4.78 is 14.8. The van der Waals surface area contributed by atoms with Crippen molar-refractivity contribution in [3.05, 3.63) is 74.3 Å². The van der Waals surface area contributed by atoms with Crippen LogP contribution in [0.25, 0.3) is 5.69 Å². The van der Waals surface area contributed by atoms with Crippen LogP contribution in [0, 0.1) is 5.82 Å². The molecule has 0 unspecified atom stereocenters. The smallest absolute Gasteiger partial charge is 0.272 e. The van der Waals surface area contributed by atoms with Gasteiger partial charge in [-0.3, -0.25) is 9.59 Å². The van der Waals surface area contributed by atoms with Gasteiger partial charge in [-0.15, -0.1) is 11.3 Å². The second kappa shape index (κ2) is 7.35. The Kier molecular flexibility index (Phi) is 4.99. The first kappa shape index (κ1) is 17.0. The quantitative estimate of drug-likeness (QED) is 0.759. The Morgan fingerprint density at radius 2 is 2.08 bits per heavy atom. The summed E-state index contributed by atoms with van der Waals surface area (Å²) in [5.74, 6) is -1.05. The molecule has 0 radical (unpaired) electrons. The summed E-state index contributed by atoms with van der Waals surface area (Å²) in [5.41, 5.74) is -0.501. The molecular formula is C17H15FN4O2S. The van der Waals surface area contributed by atoms with Gasteiger partial charge in [0, 0.05) is 17.1 Å². The SMILES string of the molecule is CCc1cnc(CNC(=O)c2ccc(=O)n(-c3ccccc3F)n2)s1. The summed E-state index contributed by atoms with van der Waals surface area (Å²) >= 11 is 1.52. The van der Waals surface area contributed by atoms with Crippen molar-refractivity contribution in [2.75, 3.05) is 0 Å². The van der Waals surface area contributed by atoms with Gasteiger partial charge in [0.1, 0.15) is 22.2 Å². The van der Waals surface area contributed by atoms with Gasteiger partial charge in [-0.05, 0) is 24.6 Å². The van der Waals surface area contributed by atoms with Crippen LogP contribution >= 0.6 is 11.3 Å². The van der Waals surface area contributed by atoms with Gasteiger partial charge in [-0.2, -0.15) is 9.78 Å². The first-order valence-corrected chi connectivity index (χ1v) is 8.47. The van der Waals surface area contributed by atoms with E-state index in [0.717, 1.165) is 21.0 Å². The number of aryl methyl sites for hydroxylation is 1. The molecule has 3 rings (SSSR count). The number of rotatable bonds is 5. The van der Waals surface area contributed by atoms with Crippen LogP contribution in [0.2, 0.25) is 0 Å². The van der Waals surface area contributed by atoms with Crippen molar-refractivity contribution < 1.29 is 9.18 Å². The number of hydrogen-bond donors (Lipinski definition) is 1. The number of hydrogen-bond acceptors (Lipinski definition) is 5. The minimum absolute atomic E-state index is 0.00494. The van der Waals surface area contributed by atoms with Crippen molar-refractivity contribution in [1.82, 2.24) is 20.1 Å². The lowest BCUT2D eigenvalue weighted by Crippen LogP contribution is -2.29. The van der Waals surface area contributed by atoms with Crippen molar-refractivity contribution in [2.24, 2.45) is 0 Å². The van der Waals surface area contributed by atoms with Crippen LogP contribution in [0.15, 0.2) is 47.4 Å². The van der Waals surface area contributed by atoms with Gasteiger partial charge < -0.3 is 5.32 Å². The molecule has 6 nitrogen and oxygen atoms in total. The molecule has 0 spiro atoms. The molecule has 0 aliphatic heterocycles. The molecule has 0 fully saturated rings. The number of thiazole rings is 1. The molecule has 1 aromatic carbocycles. The van der Waals surface area contributed by atoms with E-state index < -0.39 is 17.3 Å².